The van der Waals surface area contributed by atoms with Crippen molar-refractivity contribution in [1.29, 1.82) is 0 Å². The number of nitrogens with zero attached hydrogens (tertiary/aromatic N) is 1. The van der Waals surface area contributed by atoms with E-state index in [1.807, 2.05) is 6.92 Å². The Labute approximate surface area is 114 Å². The van der Waals surface area contributed by atoms with Crippen molar-refractivity contribution in [2.24, 2.45) is 0 Å². The van der Waals surface area contributed by atoms with E-state index in [9.17, 15) is 4.79 Å². The van der Waals surface area contributed by atoms with E-state index in [1.54, 1.807) is 23.7 Å². The van der Waals surface area contributed by atoms with E-state index in [1.165, 1.54) is 18.4 Å². The van der Waals surface area contributed by atoms with Crippen molar-refractivity contribution in [3.05, 3.63) is 39.9 Å². The molecule has 1 heterocycles. The molecule has 0 unspecified atom stereocenters. The molecular weight excluding hydrogens is 272 g/mol. The number of amides is 1. The van der Waals surface area contributed by atoms with Crippen molar-refractivity contribution in [3.8, 4) is 5.75 Å². The molecule has 1 N–H and O–H groups in total. The normalized spacial score (nSPS) is 10.2. The van der Waals surface area contributed by atoms with Crippen LogP contribution in [-0.2, 0) is 0 Å². The van der Waals surface area contributed by atoms with E-state index >= 15 is 0 Å². The molecule has 2 rings (SSSR count). The van der Waals surface area contributed by atoms with E-state index in [2.05, 4.69) is 10.3 Å². The maximum atomic E-state index is 12.0. The van der Waals surface area contributed by atoms with Crippen LogP contribution in [0.1, 0.15) is 15.9 Å². The number of hydrogen-bond donors (Lipinski definition) is 1. The number of methoxy groups -OCH3 is 1. The predicted octanol–water partition coefficient (Wildman–Crippen LogP) is 3.37. The number of carbonyl (C=O) groups excluding carboxylic acids is 1. The average Bonchev–Trinajstić information content (AvgIpc) is 2.84. The van der Waals surface area contributed by atoms with Gasteiger partial charge in [-0.1, -0.05) is 11.6 Å². The molecule has 0 radical (unpaired) electrons. The molecule has 2 aromatic rings. The van der Waals surface area contributed by atoms with Gasteiger partial charge in [0.1, 0.15) is 5.75 Å². The fraction of sp³-hybridized carbons (Fsp3) is 0.167. The van der Waals surface area contributed by atoms with Crippen LogP contribution >= 0.6 is 22.9 Å². The number of aryl methyl sites for hydroxylation is 1. The van der Waals surface area contributed by atoms with Crippen LogP contribution in [0.5, 0.6) is 5.75 Å². The zero-order valence-electron chi connectivity index (χ0n) is 9.86. The quantitative estimate of drug-likeness (QED) is 0.939. The van der Waals surface area contributed by atoms with Gasteiger partial charge in [0, 0.05) is 17.1 Å². The number of benzene rings is 1. The fourth-order valence-corrected chi connectivity index (χ4v) is 2.27. The van der Waals surface area contributed by atoms with Crippen molar-refractivity contribution >= 4 is 34.0 Å². The summed E-state index contributed by atoms with van der Waals surface area (Å²) in [6.07, 6.45) is 1.63. The average molecular weight is 283 g/mol. The highest BCUT2D eigenvalue weighted by molar-refractivity contribution is 7.13. The number of halogens is 1. The van der Waals surface area contributed by atoms with Gasteiger partial charge in [-0.15, -0.1) is 11.3 Å². The summed E-state index contributed by atoms with van der Waals surface area (Å²) in [4.78, 5) is 16.0. The van der Waals surface area contributed by atoms with E-state index in [0.29, 0.717) is 21.5 Å². The summed E-state index contributed by atoms with van der Waals surface area (Å²) in [5, 5.41) is 5.48. The molecule has 6 heteroatoms. The van der Waals surface area contributed by atoms with Gasteiger partial charge in [0.05, 0.1) is 12.1 Å². The summed E-state index contributed by atoms with van der Waals surface area (Å²) >= 11 is 7.37. The third kappa shape index (κ3) is 2.63. The first-order valence-electron chi connectivity index (χ1n) is 5.17. The number of thiazole rings is 1. The molecule has 1 aromatic carbocycles. The Bertz CT molecular complexity index is 570. The number of carbonyl (C=O) groups is 1. The van der Waals surface area contributed by atoms with Gasteiger partial charge in [-0.3, -0.25) is 10.1 Å². The summed E-state index contributed by atoms with van der Waals surface area (Å²) in [5.74, 6) is 0.326. The van der Waals surface area contributed by atoms with Gasteiger partial charge in [-0.25, -0.2) is 4.98 Å². The molecule has 0 aliphatic heterocycles. The highest BCUT2D eigenvalue weighted by Gasteiger charge is 2.13. The highest BCUT2D eigenvalue weighted by atomic mass is 35.5. The molecule has 0 aliphatic rings. The number of anilines is 1. The van der Waals surface area contributed by atoms with Crippen LogP contribution in [0.15, 0.2) is 23.7 Å². The SMILES string of the molecule is COc1cc(C)c(C(=O)Nc2nccs2)cc1Cl. The lowest BCUT2D eigenvalue weighted by Crippen LogP contribution is -2.13. The van der Waals surface area contributed by atoms with Crippen LogP contribution in [0.25, 0.3) is 0 Å². The van der Waals surface area contributed by atoms with E-state index < -0.39 is 0 Å². The molecule has 0 fully saturated rings. The first-order valence-corrected chi connectivity index (χ1v) is 6.42. The van der Waals surface area contributed by atoms with Crippen LogP contribution in [0, 0.1) is 6.92 Å². The molecule has 0 saturated heterocycles. The van der Waals surface area contributed by atoms with Crippen LogP contribution in [0.4, 0.5) is 5.13 Å². The summed E-state index contributed by atoms with van der Waals surface area (Å²) in [6.45, 7) is 1.83. The van der Waals surface area contributed by atoms with Gasteiger partial charge in [0.2, 0.25) is 0 Å². The van der Waals surface area contributed by atoms with Gasteiger partial charge < -0.3 is 4.74 Å². The summed E-state index contributed by atoms with van der Waals surface area (Å²) in [7, 11) is 1.54. The van der Waals surface area contributed by atoms with Crippen molar-refractivity contribution in [2.45, 2.75) is 6.92 Å². The number of hydrogen-bond acceptors (Lipinski definition) is 4. The Hall–Kier alpha value is -1.59. The monoisotopic (exact) mass is 282 g/mol. The third-order valence-corrected chi connectivity index (χ3v) is 3.38. The number of ether oxygens (including phenoxy) is 1. The van der Waals surface area contributed by atoms with Crippen molar-refractivity contribution in [1.82, 2.24) is 4.98 Å². The second-order valence-corrected chi connectivity index (χ2v) is 4.89. The predicted molar refractivity (Wildman–Crippen MR) is 72.8 cm³/mol. The Morgan fingerprint density at radius 2 is 2.28 bits per heavy atom. The van der Waals surface area contributed by atoms with Crippen LogP contribution in [0.3, 0.4) is 0 Å². The number of aromatic nitrogens is 1. The summed E-state index contributed by atoms with van der Waals surface area (Å²) in [6, 6.07) is 3.33. The largest absolute Gasteiger partial charge is 0.495 e. The topological polar surface area (TPSA) is 51.2 Å². The van der Waals surface area contributed by atoms with Gasteiger partial charge >= 0.3 is 0 Å². The highest BCUT2D eigenvalue weighted by Crippen LogP contribution is 2.28. The van der Waals surface area contributed by atoms with Crippen molar-refractivity contribution in [3.63, 3.8) is 0 Å². The smallest absolute Gasteiger partial charge is 0.257 e. The maximum absolute atomic E-state index is 12.0. The maximum Gasteiger partial charge on any atom is 0.257 e. The van der Waals surface area contributed by atoms with Gasteiger partial charge in [0.25, 0.3) is 5.91 Å². The van der Waals surface area contributed by atoms with Crippen molar-refractivity contribution < 1.29 is 9.53 Å². The third-order valence-electron chi connectivity index (χ3n) is 2.40. The molecular formula is C12H11ClN2O2S. The lowest BCUT2D eigenvalue weighted by atomic mass is 10.1. The molecule has 94 valence electrons. The minimum Gasteiger partial charge on any atom is -0.495 e. The van der Waals surface area contributed by atoms with Gasteiger partial charge in [-0.2, -0.15) is 0 Å². The second-order valence-electron chi connectivity index (χ2n) is 3.59. The van der Waals surface area contributed by atoms with Crippen LogP contribution in [-0.4, -0.2) is 18.0 Å². The molecule has 0 spiro atoms. The molecule has 18 heavy (non-hydrogen) atoms. The molecule has 0 bridgehead atoms. The summed E-state index contributed by atoms with van der Waals surface area (Å²) < 4.78 is 5.09. The van der Waals surface area contributed by atoms with E-state index in [0.717, 1.165) is 5.56 Å². The second kappa shape index (κ2) is 5.37. The Morgan fingerprint density at radius 3 is 2.89 bits per heavy atom. The Kier molecular flexibility index (Phi) is 3.84. The molecule has 1 aromatic heterocycles. The van der Waals surface area contributed by atoms with Gasteiger partial charge in [-0.05, 0) is 24.6 Å². The minimum atomic E-state index is -0.230. The summed E-state index contributed by atoms with van der Waals surface area (Å²) in [5.41, 5.74) is 1.31. The minimum absolute atomic E-state index is 0.230. The zero-order chi connectivity index (χ0) is 13.1. The number of rotatable bonds is 3. The van der Waals surface area contributed by atoms with Crippen LogP contribution in [0.2, 0.25) is 5.02 Å². The van der Waals surface area contributed by atoms with E-state index in [4.69, 9.17) is 16.3 Å². The van der Waals surface area contributed by atoms with Crippen molar-refractivity contribution in [2.75, 3.05) is 12.4 Å². The molecule has 0 saturated carbocycles. The number of nitrogens with one attached hydrogen (secondary N) is 1. The van der Waals surface area contributed by atoms with Gasteiger partial charge in [0.15, 0.2) is 5.13 Å². The van der Waals surface area contributed by atoms with E-state index in [-0.39, 0.29) is 5.91 Å². The standard InChI is InChI=1S/C12H11ClN2O2S/c1-7-5-10(17-2)9(13)6-8(7)11(16)15-12-14-3-4-18-12/h3-6H,1-2H3,(H,14,15,16). The van der Waals surface area contributed by atoms with Crippen LogP contribution < -0.4 is 10.1 Å². The zero-order valence-corrected chi connectivity index (χ0v) is 11.4. The first kappa shape index (κ1) is 12.9. The molecule has 0 atom stereocenters. The Balaban J connectivity index is 2.28. The Morgan fingerprint density at radius 1 is 1.50 bits per heavy atom. The lowest BCUT2D eigenvalue weighted by molar-refractivity contribution is 0.102. The molecule has 1 amide bonds. The molecule has 4 nitrogen and oxygen atoms in total. The first-order chi connectivity index (χ1) is 8.61. The fourth-order valence-electron chi connectivity index (χ4n) is 1.51. The lowest BCUT2D eigenvalue weighted by Gasteiger charge is -2.09. The molecule has 0 aliphatic carbocycles.